The highest BCUT2D eigenvalue weighted by Gasteiger charge is 2.26. The zero-order valence-corrected chi connectivity index (χ0v) is 15.6. The normalized spacial score (nSPS) is 16.5. The zero-order valence-electron chi connectivity index (χ0n) is 14.8. The van der Waals surface area contributed by atoms with E-state index in [4.69, 9.17) is 4.74 Å². The number of rotatable bonds is 3. The van der Waals surface area contributed by atoms with Gasteiger partial charge in [-0.05, 0) is 47.9 Å². The molecule has 0 spiro atoms. The molecule has 3 aromatic rings. The third kappa shape index (κ3) is 3.52. The van der Waals surface area contributed by atoms with Gasteiger partial charge in [-0.15, -0.1) is 0 Å². The fraction of sp³-hybridized carbons (Fsp3) is 0.200. The van der Waals surface area contributed by atoms with E-state index in [0.717, 1.165) is 28.7 Å². The fourth-order valence-electron chi connectivity index (χ4n) is 3.51. The molecule has 0 bridgehead atoms. The molecule has 0 fully saturated rings. The van der Waals surface area contributed by atoms with Crippen LogP contribution in [0.2, 0.25) is 0 Å². The number of sulfonamides is 1. The lowest BCUT2D eigenvalue weighted by atomic mass is 9.93. The van der Waals surface area contributed by atoms with Gasteiger partial charge in [0.15, 0.2) is 11.6 Å². The summed E-state index contributed by atoms with van der Waals surface area (Å²) in [6.45, 7) is 0. The predicted molar refractivity (Wildman–Crippen MR) is 100 cm³/mol. The van der Waals surface area contributed by atoms with E-state index in [0.29, 0.717) is 30.3 Å². The van der Waals surface area contributed by atoms with E-state index in [2.05, 4.69) is 4.72 Å². The summed E-state index contributed by atoms with van der Waals surface area (Å²) in [5, 5.41) is 1.72. The van der Waals surface area contributed by atoms with Crippen molar-refractivity contribution < 1.29 is 26.3 Å². The molecule has 1 N–H and O–H groups in total. The van der Waals surface area contributed by atoms with E-state index in [1.54, 1.807) is 30.3 Å². The third-order valence-electron chi connectivity index (χ3n) is 4.70. The fourth-order valence-corrected chi connectivity index (χ4v) is 4.07. The topological polar surface area (TPSA) is 55.4 Å². The van der Waals surface area contributed by atoms with Gasteiger partial charge in [-0.3, -0.25) is 4.72 Å². The Morgan fingerprint density at radius 3 is 2.50 bits per heavy atom. The van der Waals surface area contributed by atoms with Gasteiger partial charge in [0.2, 0.25) is 10.0 Å². The van der Waals surface area contributed by atoms with E-state index in [-0.39, 0.29) is 5.56 Å². The SMILES string of the molecule is CS(=O)(=O)Nc1ccc2c3c(ccc2c1)OC(c1cc(F)c(F)cc1F)CC3. The molecule has 3 aromatic carbocycles. The van der Waals surface area contributed by atoms with Crippen molar-refractivity contribution in [3.63, 3.8) is 0 Å². The summed E-state index contributed by atoms with van der Waals surface area (Å²) in [6, 6.07) is 10.0. The molecule has 0 saturated heterocycles. The minimum Gasteiger partial charge on any atom is -0.485 e. The molecule has 0 radical (unpaired) electrons. The number of ether oxygens (including phenoxy) is 1. The summed E-state index contributed by atoms with van der Waals surface area (Å²) in [5.74, 6) is -2.65. The lowest BCUT2D eigenvalue weighted by molar-refractivity contribution is 0.172. The molecule has 1 aliphatic rings. The lowest BCUT2D eigenvalue weighted by Gasteiger charge is -2.28. The molecular weight excluding hydrogens is 391 g/mol. The van der Waals surface area contributed by atoms with Crippen LogP contribution >= 0.6 is 0 Å². The first-order valence-corrected chi connectivity index (χ1v) is 10.4. The van der Waals surface area contributed by atoms with Crippen molar-refractivity contribution in [2.24, 2.45) is 0 Å². The van der Waals surface area contributed by atoms with Gasteiger partial charge in [0, 0.05) is 22.9 Å². The first-order chi connectivity index (χ1) is 13.2. The zero-order chi connectivity index (χ0) is 20.1. The smallest absolute Gasteiger partial charge is 0.229 e. The second-order valence-electron chi connectivity index (χ2n) is 6.79. The quantitative estimate of drug-likeness (QED) is 0.641. The minimum atomic E-state index is -3.38. The standard InChI is InChI=1S/C20H16F3NO3S/c1-28(25,26)24-12-3-4-13-11(8-12)2-6-19-14(13)5-7-20(27-19)15-9-17(22)18(23)10-16(15)21/h2-4,6,8-10,20,24H,5,7H2,1H3. The average molecular weight is 407 g/mol. The van der Waals surface area contributed by atoms with Crippen molar-refractivity contribution >= 4 is 26.5 Å². The summed E-state index contributed by atoms with van der Waals surface area (Å²) in [7, 11) is -3.38. The molecule has 4 rings (SSSR count). The molecule has 1 unspecified atom stereocenters. The molecule has 0 amide bonds. The highest BCUT2D eigenvalue weighted by molar-refractivity contribution is 7.92. The highest BCUT2D eigenvalue weighted by Crippen LogP contribution is 2.40. The molecule has 28 heavy (non-hydrogen) atoms. The van der Waals surface area contributed by atoms with Crippen LogP contribution < -0.4 is 9.46 Å². The number of halogens is 3. The Kier molecular flexibility index (Phi) is 4.45. The highest BCUT2D eigenvalue weighted by atomic mass is 32.2. The minimum absolute atomic E-state index is 0.0163. The summed E-state index contributed by atoms with van der Waals surface area (Å²) in [4.78, 5) is 0. The van der Waals surface area contributed by atoms with E-state index < -0.39 is 33.6 Å². The van der Waals surface area contributed by atoms with Crippen molar-refractivity contribution in [3.8, 4) is 5.75 Å². The number of aryl methyl sites for hydroxylation is 1. The Labute approximate surface area is 160 Å². The van der Waals surface area contributed by atoms with Gasteiger partial charge < -0.3 is 4.74 Å². The molecule has 4 nitrogen and oxygen atoms in total. The second-order valence-corrected chi connectivity index (χ2v) is 8.53. The Balaban J connectivity index is 1.68. The second kappa shape index (κ2) is 6.70. The molecule has 1 aliphatic heterocycles. The monoisotopic (exact) mass is 407 g/mol. The number of benzene rings is 3. The van der Waals surface area contributed by atoms with Crippen LogP contribution in [0.3, 0.4) is 0 Å². The molecule has 1 atom stereocenters. The number of hydrogen-bond donors (Lipinski definition) is 1. The summed E-state index contributed by atoms with van der Waals surface area (Å²) < 4.78 is 71.9. The van der Waals surface area contributed by atoms with Crippen LogP contribution in [0.4, 0.5) is 18.9 Å². The van der Waals surface area contributed by atoms with Gasteiger partial charge >= 0.3 is 0 Å². The lowest BCUT2D eigenvalue weighted by Crippen LogP contribution is -2.17. The predicted octanol–water partition coefficient (Wildman–Crippen LogP) is 4.69. The molecular formula is C20H16F3NO3S. The van der Waals surface area contributed by atoms with Crippen molar-refractivity contribution in [2.45, 2.75) is 18.9 Å². The largest absolute Gasteiger partial charge is 0.485 e. The maximum absolute atomic E-state index is 14.1. The van der Waals surface area contributed by atoms with Crippen molar-refractivity contribution in [1.82, 2.24) is 0 Å². The van der Waals surface area contributed by atoms with Crippen LogP contribution in [-0.2, 0) is 16.4 Å². The Morgan fingerprint density at radius 1 is 1.00 bits per heavy atom. The van der Waals surface area contributed by atoms with Crippen molar-refractivity contribution in [2.75, 3.05) is 11.0 Å². The Bertz CT molecular complexity index is 1200. The molecule has 8 heteroatoms. The number of hydrogen-bond acceptors (Lipinski definition) is 3. The molecule has 1 heterocycles. The van der Waals surface area contributed by atoms with Gasteiger partial charge in [0.1, 0.15) is 17.7 Å². The summed E-state index contributed by atoms with van der Waals surface area (Å²) >= 11 is 0. The van der Waals surface area contributed by atoms with Crippen molar-refractivity contribution in [3.05, 3.63) is 71.0 Å². The van der Waals surface area contributed by atoms with Crippen LogP contribution in [0.5, 0.6) is 5.75 Å². The maximum atomic E-state index is 14.1. The summed E-state index contributed by atoms with van der Waals surface area (Å²) in [5.41, 5.74) is 1.34. The van der Waals surface area contributed by atoms with Crippen molar-refractivity contribution in [1.29, 1.82) is 0 Å². The average Bonchev–Trinajstić information content (AvgIpc) is 2.62. The van der Waals surface area contributed by atoms with E-state index in [1.807, 2.05) is 0 Å². The van der Waals surface area contributed by atoms with E-state index >= 15 is 0 Å². The van der Waals surface area contributed by atoms with E-state index in [9.17, 15) is 21.6 Å². The number of anilines is 1. The van der Waals surface area contributed by atoms with Gasteiger partial charge in [-0.25, -0.2) is 21.6 Å². The number of fused-ring (bicyclic) bond motifs is 3. The van der Waals surface area contributed by atoms with Crippen LogP contribution in [0.25, 0.3) is 10.8 Å². The van der Waals surface area contributed by atoms with Gasteiger partial charge in [-0.1, -0.05) is 12.1 Å². The first-order valence-electron chi connectivity index (χ1n) is 8.56. The van der Waals surface area contributed by atoms with Crippen LogP contribution in [-0.4, -0.2) is 14.7 Å². The van der Waals surface area contributed by atoms with Gasteiger partial charge in [0.05, 0.1) is 6.26 Å². The molecule has 146 valence electrons. The molecule has 0 aromatic heterocycles. The number of nitrogens with one attached hydrogen (secondary N) is 1. The van der Waals surface area contributed by atoms with Gasteiger partial charge in [0.25, 0.3) is 0 Å². The van der Waals surface area contributed by atoms with Gasteiger partial charge in [-0.2, -0.15) is 0 Å². The Hall–Kier alpha value is -2.74. The maximum Gasteiger partial charge on any atom is 0.229 e. The summed E-state index contributed by atoms with van der Waals surface area (Å²) in [6.07, 6.45) is 1.31. The van der Waals surface area contributed by atoms with Crippen LogP contribution in [0.15, 0.2) is 42.5 Å². The third-order valence-corrected chi connectivity index (χ3v) is 5.31. The molecule has 0 aliphatic carbocycles. The van der Waals surface area contributed by atoms with E-state index in [1.165, 1.54) is 0 Å². The first kappa shape index (κ1) is 18.6. The van der Waals surface area contributed by atoms with Crippen LogP contribution in [0, 0.1) is 17.5 Å². The van der Waals surface area contributed by atoms with Crippen LogP contribution in [0.1, 0.15) is 23.7 Å². The Morgan fingerprint density at radius 2 is 1.75 bits per heavy atom. The molecule has 0 saturated carbocycles.